The third-order valence-corrected chi connectivity index (χ3v) is 11.9. The smallest absolute Gasteiger partial charge is 0.397 e. The number of thiophene rings is 1. The normalized spacial score (nSPS) is 21.3. The molecule has 2 aromatic rings. The maximum absolute atomic E-state index is 14.1. The van der Waals surface area contributed by atoms with Crippen LogP contribution in [0.1, 0.15) is 48.8 Å². The Morgan fingerprint density at radius 3 is 2.31 bits per heavy atom. The Hall–Kier alpha value is -3.07. The van der Waals surface area contributed by atoms with Crippen LogP contribution in [0, 0.1) is 5.92 Å². The molecule has 0 bridgehead atoms. The highest BCUT2D eigenvalue weighted by molar-refractivity contribution is 7.14. The Balaban J connectivity index is 1.12. The molecule has 0 aliphatic carbocycles. The van der Waals surface area contributed by atoms with Crippen molar-refractivity contribution >= 4 is 51.5 Å². The third-order valence-electron chi connectivity index (χ3n) is 10.7. The lowest BCUT2D eigenvalue weighted by atomic mass is 9.91. The minimum absolute atomic E-state index is 0.0187. The Morgan fingerprint density at radius 2 is 1.63 bits per heavy atom. The average molecular weight is 724 g/mol. The number of likely N-dealkylation sites (tertiary alicyclic amines) is 2. The monoisotopic (exact) mass is 723 g/mol. The SMILES string of the molecule is CN1CCN(C2CCN(C(=O)[C@H](CC(=O)N3CCC(N4CCc5ccsc5NC4=O)CC3)Cc3cc(Cl)c(N)c(C(F)(F)F)c3)CC2)CC1. The van der Waals surface area contributed by atoms with Gasteiger partial charge >= 0.3 is 12.2 Å². The van der Waals surface area contributed by atoms with Crippen LogP contribution in [0.4, 0.5) is 28.7 Å². The van der Waals surface area contributed by atoms with Crippen LogP contribution in [0.25, 0.3) is 0 Å². The lowest BCUT2D eigenvalue weighted by Crippen LogP contribution is -2.53. The van der Waals surface area contributed by atoms with E-state index in [-0.39, 0.29) is 47.3 Å². The zero-order chi connectivity index (χ0) is 34.9. The summed E-state index contributed by atoms with van der Waals surface area (Å²) < 4.78 is 41.4. The molecule has 4 amide bonds. The molecule has 6 rings (SSSR count). The van der Waals surface area contributed by atoms with Gasteiger partial charge in [0.2, 0.25) is 11.8 Å². The molecule has 3 fully saturated rings. The summed E-state index contributed by atoms with van der Waals surface area (Å²) in [6, 6.07) is 4.57. The predicted molar refractivity (Wildman–Crippen MR) is 185 cm³/mol. The number of rotatable bonds is 7. The summed E-state index contributed by atoms with van der Waals surface area (Å²) in [5, 5.41) is 5.63. The molecular weight excluding hydrogens is 679 g/mol. The van der Waals surface area contributed by atoms with E-state index in [0.29, 0.717) is 51.6 Å². The number of carbonyl (C=O) groups is 3. The predicted octanol–water partition coefficient (Wildman–Crippen LogP) is 4.87. The van der Waals surface area contributed by atoms with Gasteiger partial charge in [0.25, 0.3) is 0 Å². The molecule has 1 aromatic heterocycles. The van der Waals surface area contributed by atoms with Gasteiger partial charge in [-0.2, -0.15) is 13.2 Å². The molecule has 10 nitrogen and oxygen atoms in total. The number of nitrogens with one attached hydrogen (secondary N) is 1. The van der Waals surface area contributed by atoms with Crippen molar-refractivity contribution in [3.05, 3.63) is 45.3 Å². The van der Waals surface area contributed by atoms with Crippen molar-refractivity contribution < 1.29 is 27.6 Å². The number of piperidine rings is 2. The molecule has 0 radical (unpaired) electrons. The number of anilines is 2. The summed E-state index contributed by atoms with van der Waals surface area (Å²) in [4.78, 5) is 51.0. The summed E-state index contributed by atoms with van der Waals surface area (Å²) in [5.41, 5.74) is 5.41. The summed E-state index contributed by atoms with van der Waals surface area (Å²) >= 11 is 7.65. The lowest BCUT2D eigenvalue weighted by molar-refractivity contribution is -0.143. The molecule has 4 aliphatic heterocycles. The summed E-state index contributed by atoms with van der Waals surface area (Å²) in [7, 11) is 2.11. The lowest BCUT2D eigenvalue weighted by Gasteiger charge is -2.42. The highest BCUT2D eigenvalue weighted by atomic mass is 35.5. The highest BCUT2D eigenvalue weighted by Gasteiger charge is 2.38. The van der Waals surface area contributed by atoms with Gasteiger partial charge in [0, 0.05) is 77.4 Å². The third kappa shape index (κ3) is 8.29. The number of hydrogen-bond acceptors (Lipinski definition) is 7. The van der Waals surface area contributed by atoms with Crippen molar-refractivity contribution in [3.63, 3.8) is 0 Å². The standard InChI is InChI=1S/C34H45ClF3N7O3S/c1-41-13-15-42(16-14-41)25-3-10-44(11-4-25)32(47)24(18-22-19-27(34(36,37)38)30(39)28(35)20-22)21-29(46)43-8-5-26(6-9-43)45-12-2-23-7-17-49-31(23)40-33(45)48/h7,17,19-20,24-26H,2-6,8-16,18,21,39H2,1H3,(H,40,48)/t24-/m0/s1. The van der Waals surface area contributed by atoms with Gasteiger partial charge in [-0.15, -0.1) is 11.3 Å². The van der Waals surface area contributed by atoms with Gasteiger partial charge in [-0.1, -0.05) is 11.6 Å². The van der Waals surface area contributed by atoms with Gasteiger partial charge in [0.1, 0.15) is 0 Å². The number of urea groups is 1. The molecular formula is C34H45ClF3N7O3S. The number of nitrogens with two attached hydrogens (primary N) is 1. The van der Waals surface area contributed by atoms with Crippen LogP contribution in [0.15, 0.2) is 23.6 Å². The number of nitrogen functional groups attached to an aromatic ring is 1. The molecule has 49 heavy (non-hydrogen) atoms. The summed E-state index contributed by atoms with van der Waals surface area (Å²) in [6.07, 6.45) is -1.32. The van der Waals surface area contributed by atoms with Crippen LogP contribution in [-0.4, -0.2) is 120 Å². The van der Waals surface area contributed by atoms with Gasteiger partial charge in [0.15, 0.2) is 0 Å². The van der Waals surface area contributed by atoms with E-state index < -0.39 is 23.3 Å². The number of fused-ring (bicyclic) bond motifs is 1. The number of likely N-dealkylation sites (N-methyl/N-ethyl adjacent to an activating group) is 1. The van der Waals surface area contributed by atoms with E-state index >= 15 is 0 Å². The molecule has 0 spiro atoms. The van der Waals surface area contributed by atoms with E-state index in [1.54, 1.807) is 9.80 Å². The molecule has 1 atom stereocenters. The first kappa shape index (κ1) is 35.7. The number of piperazine rings is 1. The number of carbonyl (C=O) groups excluding carboxylic acids is 3. The first-order chi connectivity index (χ1) is 23.4. The minimum atomic E-state index is -4.72. The maximum Gasteiger partial charge on any atom is 0.418 e. The summed E-state index contributed by atoms with van der Waals surface area (Å²) in [5.74, 6) is -1.30. The van der Waals surface area contributed by atoms with Gasteiger partial charge < -0.3 is 25.3 Å². The van der Waals surface area contributed by atoms with E-state index in [1.165, 1.54) is 17.4 Å². The van der Waals surface area contributed by atoms with E-state index in [2.05, 4.69) is 22.2 Å². The number of amides is 4. The zero-order valence-electron chi connectivity index (χ0n) is 27.8. The van der Waals surface area contributed by atoms with E-state index in [0.717, 1.165) is 62.1 Å². The Bertz CT molecular complexity index is 1520. The van der Waals surface area contributed by atoms with Crippen LogP contribution in [0.3, 0.4) is 0 Å². The summed E-state index contributed by atoms with van der Waals surface area (Å²) in [6.45, 7) is 6.51. The van der Waals surface area contributed by atoms with Crippen LogP contribution < -0.4 is 11.1 Å². The fourth-order valence-corrected chi connectivity index (χ4v) is 8.80. The van der Waals surface area contributed by atoms with Crippen LogP contribution in [0.5, 0.6) is 0 Å². The molecule has 1 aromatic carbocycles. The van der Waals surface area contributed by atoms with Gasteiger partial charge in [-0.3, -0.25) is 19.8 Å². The fourth-order valence-electron chi connectivity index (χ4n) is 7.72. The average Bonchev–Trinajstić information content (AvgIpc) is 3.45. The second kappa shape index (κ2) is 15.0. The molecule has 15 heteroatoms. The first-order valence-corrected chi connectivity index (χ1v) is 18.4. The Morgan fingerprint density at radius 1 is 0.980 bits per heavy atom. The van der Waals surface area contributed by atoms with Crippen LogP contribution >= 0.6 is 22.9 Å². The van der Waals surface area contributed by atoms with Crippen molar-refractivity contribution in [1.82, 2.24) is 24.5 Å². The van der Waals surface area contributed by atoms with E-state index in [4.69, 9.17) is 17.3 Å². The maximum atomic E-state index is 14.1. The van der Waals surface area contributed by atoms with E-state index in [9.17, 15) is 27.6 Å². The highest BCUT2D eigenvalue weighted by Crippen LogP contribution is 2.39. The van der Waals surface area contributed by atoms with Crippen molar-refractivity contribution in [2.24, 2.45) is 5.92 Å². The van der Waals surface area contributed by atoms with Crippen molar-refractivity contribution in [1.29, 1.82) is 0 Å². The van der Waals surface area contributed by atoms with Crippen LogP contribution in [0.2, 0.25) is 5.02 Å². The van der Waals surface area contributed by atoms with Crippen molar-refractivity contribution in [2.75, 3.05) is 77.0 Å². The molecule has 0 saturated carbocycles. The largest absolute Gasteiger partial charge is 0.418 e. The zero-order valence-corrected chi connectivity index (χ0v) is 29.4. The van der Waals surface area contributed by atoms with Gasteiger partial charge in [0.05, 0.1) is 27.2 Å². The molecule has 3 saturated heterocycles. The second-order valence-corrected chi connectivity index (χ2v) is 15.1. The Kier molecular flexibility index (Phi) is 11.0. The Labute approximate surface area is 294 Å². The molecule has 0 unspecified atom stereocenters. The fraction of sp³-hybridized carbons (Fsp3) is 0.618. The van der Waals surface area contributed by atoms with Gasteiger partial charge in [-0.05, 0) is 80.3 Å². The molecule has 268 valence electrons. The van der Waals surface area contributed by atoms with E-state index in [1.807, 2.05) is 16.3 Å². The number of benzene rings is 1. The molecule has 4 aliphatic rings. The number of alkyl halides is 3. The quantitative estimate of drug-likeness (QED) is 0.396. The van der Waals surface area contributed by atoms with Gasteiger partial charge in [-0.25, -0.2) is 4.79 Å². The first-order valence-electron chi connectivity index (χ1n) is 17.2. The minimum Gasteiger partial charge on any atom is -0.397 e. The van der Waals surface area contributed by atoms with Crippen LogP contribution in [-0.2, 0) is 28.6 Å². The second-order valence-electron chi connectivity index (χ2n) is 13.8. The number of nitrogens with zero attached hydrogens (tertiary/aromatic N) is 5. The van der Waals surface area contributed by atoms with Crippen molar-refractivity contribution in [3.8, 4) is 0 Å². The number of hydrogen-bond donors (Lipinski definition) is 2. The molecule has 3 N–H and O–H groups in total. The topological polar surface area (TPSA) is 105 Å². The number of halogens is 4. The molecule has 5 heterocycles. The van der Waals surface area contributed by atoms with Crippen molar-refractivity contribution in [2.45, 2.75) is 63.2 Å².